The molecule has 0 aliphatic heterocycles. The summed E-state index contributed by atoms with van der Waals surface area (Å²) in [5.41, 5.74) is 0.374. The van der Waals surface area contributed by atoms with E-state index >= 15 is 0 Å². The lowest BCUT2D eigenvalue weighted by Crippen LogP contribution is -2.25. The lowest BCUT2D eigenvalue weighted by molar-refractivity contribution is -0.141. The number of nitrogens with one attached hydrogen (secondary N) is 1. The van der Waals surface area contributed by atoms with E-state index < -0.39 is 17.8 Å². The number of carbonyl (C=O) groups is 1. The van der Waals surface area contributed by atoms with Gasteiger partial charge in [0.2, 0.25) is 0 Å². The van der Waals surface area contributed by atoms with E-state index in [9.17, 15) is 18.0 Å². The van der Waals surface area contributed by atoms with Crippen molar-refractivity contribution in [1.29, 1.82) is 0 Å². The maximum atomic E-state index is 12.5. The monoisotopic (exact) mass is 298 g/mol. The van der Waals surface area contributed by atoms with Gasteiger partial charge < -0.3 is 5.32 Å². The van der Waals surface area contributed by atoms with E-state index in [0.717, 1.165) is 22.0 Å². The van der Waals surface area contributed by atoms with Gasteiger partial charge in [0, 0.05) is 31.5 Å². The van der Waals surface area contributed by atoms with E-state index in [1.54, 1.807) is 18.3 Å². The molecule has 0 saturated heterocycles. The summed E-state index contributed by atoms with van der Waals surface area (Å²) >= 11 is 0. The quantitative estimate of drug-likeness (QED) is 0.943. The Bertz CT molecular complexity index is 664. The van der Waals surface area contributed by atoms with Gasteiger partial charge in [-0.3, -0.25) is 14.5 Å². The minimum atomic E-state index is -4.57. The van der Waals surface area contributed by atoms with Crippen molar-refractivity contribution in [2.75, 3.05) is 0 Å². The number of nitrogens with zero attached hydrogens (tertiary/aromatic N) is 3. The molecule has 2 heterocycles. The van der Waals surface area contributed by atoms with Crippen molar-refractivity contribution in [2.24, 2.45) is 7.05 Å². The van der Waals surface area contributed by atoms with E-state index in [0.29, 0.717) is 0 Å². The van der Waals surface area contributed by atoms with Crippen LogP contribution in [0.15, 0.2) is 24.4 Å². The van der Waals surface area contributed by atoms with Gasteiger partial charge in [-0.1, -0.05) is 0 Å². The molecule has 0 radical (unpaired) electrons. The molecule has 0 fully saturated rings. The predicted octanol–water partition coefficient (Wildman–Crippen LogP) is 2.07. The number of aromatic nitrogens is 3. The maximum absolute atomic E-state index is 12.5. The van der Waals surface area contributed by atoms with Crippen molar-refractivity contribution in [3.05, 3.63) is 47.0 Å². The molecule has 0 unspecified atom stereocenters. The van der Waals surface area contributed by atoms with Crippen LogP contribution >= 0.6 is 0 Å². The average Bonchev–Trinajstić information content (AvgIpc) is 2.78. The van der Waals surface area contributed by atoms with Crippen LogP contribution in [0.4, 0.5) is 13.2 Å². The van der Waals surface area contributed by atoms with Crippen LogP contribution in [-0.2, 0) is 19.8 Å². The summed E-state index contributed by atoms with van der Waals surface area (Å²) in [7, 11) is 1.29. The van der Waals surface area contributed by atoms with Gasteiger partial charge in [0.05, 0.1) is 0 Å². The van der Waals surface area contributed by atoms with Crippen molar-refractivity contribution >= 4 is 5.91 Å². The molecule has 21 heavy (non-hydrogen) atoms. The highest BCUT2D eigenvalue weighted by atomic mass is 19.4. The molecule has 0 bridgehead atoms. The summed E-state index contributed by atoms with van der Waals surface area (Å²) in [6.07, 6.45) is -2.97. The summed E-state index contributed by atoms with van der Waals surface area (Å²) in [5.74, 6) is -0.616. The zero-order chi connectivity index (χ0) is 15.6. The van der Waals surface area contributed by atoms with Crippen molar-refractivity contribution in [2.45, 2.75) is 19.6 Å². The Morgan fingerprint density at radius 3 is 2.67 bits per heavy atom. The Kier molecular flexibility index (Phi) is 3.97. The van der Waals surface area contributed by atoms with Gasteiger partial charge in [0.15, 0.2) is 5.69 Å². The maximum Gasteiger partial charge on any atom is 0.435 e. The Morgan fingerprint density at radius 2 is 2.10 bits per heavy atom. The zero-order valence-electron chi connectivity index (χ0n) is 11.4. The third-order valence-corrected chi connectivity index (χ3v) is 2.82. The number of pyridine rings is 1. The second kappa shape index (κ2) is 5.55. The first-order valence-corrected chi connectivity index (χ1v) is 6.08. The largest absolute Gasteiger partial charge is 0.435 e. The minimum Gasteiger partial charge on any atom is -0.347 e. The fraction of sp³-hybridized carbons (Fsp3) is 0.308. The summed E-state index contributed by atoms with van der Waals surface area (Å²) < 4.78 is 38.5. The van der Waals surface area contributed by atoms with Crippen molar-refractivity contribution < 1.29 is 18.0 Å². The fourth-order valence-electron chi connectivity index (χ4n) is 1.81. The SMILES string of the molecule is Cc1cc(CNC(=O)c2cc(C(F)(F)F)nn2C)ccn1. The van der Waals surface area contributed by atoms with E-state index in [1.165, 1.54) is 7.05 Å². The Morgan fingerprint density at radius 1 is 1.38 bits per heavy atom. The van der Waals surface area contributed by atoms with Gasteiger partial charge in [0.25, 0.3) is 5.91 Å². The highest BCUT2D eigenvalue weighted by Gasteiger charge is 2.35. The van der Waals surface area contributed by atoms with Gasteiger partial charge in [-0.25, -0.2) is 0 Å². The molecule has 1 amide bonds. The first kappa shape index (κ1) is 15.0. The first-order chi connectivity index (χ1) is 9.77. The summed E-state index contributed by atoms with van der Waals surface area (Å²) in [5, 5.41) is 5.85. The van der Waals surface area contributed by atoms with Gasteiger partial charge in [-0.2, -0.15) is 18.3 Å². The van der Waals surface area contributed by atoms with Crippen LogP contribution in [0.3, 0.4) is 0 Å². The average molecular weight is 298 g/mol. The molecule has 0 saturated carbocycles. The number of carbonyl (C=O) groups excluding carboxylic acids is 1. The number of rotatable bonds is 3. The van der Waals surface area contributed by atoms with E-state index in [1.807, 2.05) is 6.92 Å². The summed E-state index contributed by atoms with van der Waals surface area (Å²) in [6, 6.07) is 4.23. The summed E-state index contributed by atoms with van der Waals surface area (Å²) in [6.45, 7) is 2.01. The van der Waals surface area contributed by atoms with Crippen LogP contribution in [-0.4, -0.2) is 20.7 Å². The molecule has 0 aliphatic rings. The molecule has 8 heteroatoms. The van der Waals surface area contributed by atoms with Gasteiger partial charge in [-0.15, -0.1) is 0 Å². The molecule has 2 rings (SSSR count). The molecule has 2 aromatic heterocycles. The Labute approximate surface area is 118 Å². The Balaban J connectivity index is 2.09. The molecule has 0 atom stereocenters. The molecule has 112 valence electrons. The minimum absolute atomic E-state index is 0.145. The normalized spacial score (nSPS) is 11.5. The smallest absolute Gasteiger partial charge is 0.347 e. The van der Waals surface area contributed by atoms with Crippen molar-refractivity contribution in [3.63, 3.8) is 0 Å². The van der Waals surface area contributed by atoms with Crippen LogP contribution in [0.1, 0.15) is 27.4 Å². The molecule has 2 aromatic rings. The lowest BCUT2D eigenvalue weighted by Gasteiger charge is -2.05. The van der Waals surface area contributed by atoms with E-state index in [2.05, 4.69) is 15.4 Å². The predicted molar refractivity (Wildman–Crippen MR) is 68.4 cm³/mol. The number of aryl methyl sites for hydroxylation is 2. The number of halogens is 3. The third-order valence-electron chi connectivity index (χ3n) is 2.82. The number of amides is 1. The van der Waals surface area contributed by atoms with Crippen molar-refractivity contribution in [1.82, 2.24) is 20.1 Å². The molecular weight excluding hydrogens is 285 g/mol. The second-order valence-corrected chi connectivity index (χ2v) is 4.52. The van der Waals surface area contributed by atoms with Crippen LogP contribution in [0.2, 0.25) is 0 Å². The standard InChI is InChI=1S/C13H13F3N4O/c1-8-5-9(3-4-17-8)7-18-12(21)10-6-11(13(14,15)16)19-20(10)2/h3-6H,7H2,1-2H3,(H,18,21). The number of alkyl halides is 3. The van der Waals surface area contributed by atoms with Gasteiger partial charge in [-0.05, 0) is 24.6 Å². The molecule has 0 aliphatic carbocycles. The summed E-state index contributed by atoms with van der Waals surface area (Å²) in [4.78, 5) is 15.9. The topological polar surface area (TPSA) is 59.8 Å². The van der Waals surface area contributed by atoms with Crippen LogP contribution < -0.4 is 5.32 Å². The lowest BCUT2D eigenvalue weighted by atomic mass is 10.2. The number of hydrogen-bond donors (Lipinski definition) is 1. The van der Waals surface area contributed by atoms with Crippen LogP contribution in [0, 0.1) is 6.92 Å². The zero-order valence-corrected chi connectivity index (χ0v) is 11.4. The molecular formula is C13H13F3N4O. The molecule has 1 N–H and O–H groups in total. The fourth-order valence-corrected chi connectivity index (χ4v) is 1.81. The second-order valence-electron chi connectivity index (χ2n) is 4.52. The highest BCUT2D eigenvalue weighted by Crippen LogP contribution is 2.28. The van der Waals surface area contributed by atoms with Crippen LogP contribution in [0.5, 0.6) is 0 Å². The van der Waals surface area contributed by atoms with Gasteiger partial charge in [0.1, 0.15) is 5.69 Å². The van der Waals surface area contributed by atoms with Crippen LogP contribution in [0.25, 0.3) is 0 Å². The first-order valence-electron chi connectivity index (χ1n) is 6.08. The molecule has 5 nitrogen and oxygen atoms in total. The van der Waals surface area contributed by atoms with Crippen molar-refractivity contribution in [3.8, 4) is 0 Å². The van der Waals surface area contributed by atoms with E-state index in [4.69, 9.17) is 0 Å². The number of hydrogen-bond acceptors (Lipinski definition) is 3. The van der Waals surface area contributed by atoms with E-state index in [-0.39, 0.29) is 12.2 Å². The molecule has 0 aromatic carbocycles. The highest BCUT2D eigenvalue weighted by molar-refractivity contribution is 5.92. The Hall–Kier alpha value is -2.38. The third kappa shape index (κ3) is 3.59. The molecule has 0 spiro atoms. The van der Waals surface area contributed by atoms with Gasteiger partial charge >= 0.3 is 6.18 Å².